The number of hydrogen-bond donors (Lipinski definition) is 1. The highest BCUT2D eigenvalue weighted by molar-refractivity contribution is 7.99. The number of nitrogens with one attached hydrogen (secondary N) is 1. The predicted molar refractivity (Wildman–Crippen MR) is 82.3 cm³/mol. The number of ether oxygens (including phenoxy) is 1. The van der Waals surface area contributed by atoms with Crippen molar-refractivity contribution in [2.24, 2.45) is 0 Å². The lowest BCUT2D eigenvalue weighted by Gasteiger charge is -2.09. The van der Waals surface area contributed by atoms with Gasteiger partial charge in [0.15, 0.2) is 11.0 Å². The van der Waals surface area contributed by atoms with Gasteiger partial charge in [0.1, 0.15) is 17.5 Å². The molecule has 0 aliphatic heterocycles. The molecule has 2 aromatic heterocycles. The number of anilines is 1. The second-order valence-corrected chi connectivity index (χ2v) is 5.19. The molecule has 0 aromatic carbocycles. The van der Waals surface area contributed by atoms with E-state index in [1.54, 1.807) is 18.5 Å². The maximum atomic E-state index is 5.39. The summed E-state index contributed by atoms with van der Waals surface area (Å²) in [6.07, 6.45) is 4.47. The van der Waals surface area contributed by atoms with E-state index in [9.17, 15) is 0 Å². The summed E-state index contributed by atoms with van der Waals surface area (Å²) in [6.45, 7) is 5.98. The van der Waals surface area contributed by atoms with Crippen LogP contribution in [0.3, 0.4) is 0 Å². The zero-order valence-corrected chi connectivity index (χ0v) is 13.1. The van der Waals surface area contributed by atoms with Crippen LogP contribution in [0.5, 0.6) is 0 Å². The molecule has 2 aromatic rings. The molecule has 21 heavy (non-hydrogen) atoms. The van der Waals surface area contributed by atoms with Gasteiger partial charge >= 0.3 is 0 Å². The van der Waals surface area contributed by atoms with Crippen molar-refractivity contribution >= 4 is 17.6 Å². The quantitative estimate of drug-likeness (QED) is 0.594. The third kappa shape index (κ3) is 5.28. The van der Waals surface area contributed by atoms with Gasteiger partial charge in [0.25, 0.3) is 0 Å². The molecule has 0 aliphatic rings. The summed E-state index contributed by atoms with van der Waals surface area (Å²) in [5.74, 6) is 1.47. The summed E-state index contributed by atoms with van der Waals surface area (Å²) >= 11 is 1.41. The van der Waals surface area contributed by atoms with Gasteiger partial charge in [-0.2, -0.15) is 0 Å². The van der Waals surface area contributed by atoms with E-state index in [2.05, 4.69) is 32.2 Å². The van der Waals surface area contributed by atoms with Gasteiger partial charge < -0.3 is 10.1 Å². The monoisotopic (exact) mass is 305 g/mol. The van der Waals surface area contributed by atoms with Crippen molar-refractivity contribution in [3.63, 3.8) is 0 Å². The first kappa shape index (κ1) is 15.7. The van der Waals surface area contributed by atoms with E-state index in [4.69, 9.17) is 4.74 Å². The highest BCUT2D eigenvalue weighted by Crippen LogP contribution is 2.24. The molecular formula is C14H19N5OS. The smallest absolute Gasteiger partial charge is 0.193 e. The Bertz CT molecular complexity index is 526. The standard InChI is InChI=1S/C14H19N5OS/c1-3-6-15-11-9-13(19-12(18-11)10-20-4-2)21-14-16-7-5-8-17-14/h5,7-9H,3-4,6,10H2,1-2H3,(H,15,18,19). The molecule has 0 saturated carbocycles. The van der Waals surface area contributed by atoms with Crippen molar-refractivity contribution in [1.29, 1.82) is 0 Å². The Balaban J connectivity index is 2.17. The van der Waals surface area contributed by atoms with E-state index in [0.29, 0.717) is 24.2 Å². The van der Waals surface area contributed by atoms with Crippen LogP contribution in [-0.4, -0.2) is 33.1 Å². The lowest BCUT2D eigenvalue weighted by molar-refractivity contribution is 0.128. The van der Waals surface area contributed by atoms with Gasteiger partial charge in [0.2, 0.25) is 0 Å². The molecular weight excluding hydrogens is 286 g/mol. The molecule has 0 unspecified atom stereocenters. The number of hydrogen-bond acceptors (Lipinski definition) is 7. The molecule has 0 fully saturated rings. The van der Waals surface area contributed by atoms with E-state index in [-0.39, 0.29) is 0 Å². The number of aromatic nitrogens is 4. The first-order valence-electron chi connectivity index (χ1n) is 6.96. The molecule has 0 aliphatic carbocycles. The lowest BCUT2D eigenvalue weighted by atomic mass is 10.4. The molecule has 0 amide bonds. The number of rotatable bonds is 8. The molecule has 112 valence electrons. The summed E-state index contributed by atoms with van der Waals surface area (Å²) in [5, 5.41) is 4.75. The summed E-state index contributed by atoms with van der Waals surface area (Å²) < 4.78 is 5.39. The average molecular weight is 305 g/mol. The van der Waals surface area contributed by atoms with Crippen molar-refractivity contribution in [1.82, 2.24) is 19.9 Å². The minimum atomic E-state index is 0.404. The van der Waals surface area contributed by atoms with E-state index in [1.165, 1.54) is 11.8 Å². The summed E-state index contributed by atoms with van der Waals surface area (Å²) in [7, 11) is 0. The fourth-order valence-corrected chi connectivity index (χ4v) is 2.29. The van der Waals surface area contributed by atoms with Crippen molar-refractivity contribution in [3.8, 4) is 0 Å². The third-order valence-electron chi connectivity index (χ3n) is 2.48. The molecule has 0 atom stereocenters. The Morgan fingerprint density at radius 1 is 1.19 bits per heavy atom. The van der Waals surface area contributed by atoms with Gasteiger partial charge in [0, 0.05) is 31.6 Å². The first-order chi connectivity index (χ1) is 10.3. The van der Waals surface area contributed by atoms with Crippen LogP contribution in [-0.2, 0) is 11.3 Å². The Morgan fingerprint density at radius 2 is 2.00 bits per heavy atom. The fourth-order valence-electron chi connectivity index (χ4n) is 1.56. The van der Waals surface area contributed by atoms with Crippen LogP contribution in [0, 0.1) is 0 Å². The zero-order chi connectivity index (χ0) is 14.9. The molecule has 6 nitrogen and oxygen atoms in total. The van der Waals surface area contributed by atoms with Gasteiger partial charge in [-0.05, 0) is 31.2 Å². The average Bonchev–Trinajstić information content (AvgIpc) is 2.52. The van der Waals surface area contributed by atoms with E-state index in [1.807, 2.05) is 13.0 Å². The maximum absolute atomic E-state index is 5.39. The molecule has 0 bridgehead atoms. The van der Waals surface area contributed by atoms with E-state index < -0.39 is 0 Å². The Morgan fingerprint density at radius 3 is 2.71 bits per heavy atom. The van der Waals surface area contributed by atoms with Crippen molar-refractivity contribution < 1.29 is 4.74 Å². The fraction of sp³-hybridized carbons (Fsp3) is 0.429. The number of nitrogens with zero attached hydrogens (tertiary/aromatic N) is 4. The van der Waals surface area contributed by atoms with Crippen LogP contribution >= 0.6 is 11.8 Å². The molecule has 0 saturated heterocycles. The topological polar surface area (TPSA) is 72.8 Å². The van der Waals surface area contributed by atoms with Gasteiger partial charge in [-0.25, -0.2) is 19.9 Å². The van der Waals surface area contributed by atoms with Crippen LogP contribution in [0.15, 0.2) is 34.7 Å². The molecule has 7 heteroatoms. The molecule has 0 radical (unpaired) electrons. The molecule has 0 spiro atoms. The van der Waals surface area contributed by atoms with Crippen LogP contribution in [0.1, 0.15) is 26.1 Å². The van der Waals surface area contributed by atoms with Gasteiger partial charge in [-0.3, -0.25) is 0 Å². The second-order valence-electron chi connectivity index (χ2n) is 4.20. The first-order valence-corrected chi connectivity index (χ1v) is 7.78. The summed E-state index contributed by atoms with van der Waals surface area (Å²) in [6, 6.07) is 3.70. The van der Waals surface area contributed by atoms with Crippen LogP contribution < -0.4 is 5.32 Å². The molecule has 2 rings (SSSR count). The van der Waals surface area contributed by atoms with Crippen LogP contribution in [0.25, 0.3) is 0 Å². The van der Waals surface area contributed by atoms with Gasteiger partial charge in [0.05, 0.1) is 0 Å². The Labute approximate surface area is 128 Å². The van der Waals surface area contributed by atoms with Crippen LogP contribution in [0.2, 0.25) is 0 Å². The minimum Gasteiger partial charge on any atom is -0.374 e. The van der Waals surface area contributed by atoms with Gasteiger partial charge in [-0.1, -0.05) is 6.92 Å². The van der Waals surface area contributed by atoms with Crippen molar-refractivity contribution in [2.45, 2.75) is 37.1 Å². The highest BCUT2D eigenvalue weighted by Gasteiger charge is 2.07. The normalized spacial score (nSPS) is 10.6. The SMILES string of the molecule is CCCNc1cc(Sc2ncccn2)nc(COCC)n1. The van der Waals surface area contributed by atoms with Crippen LogP contribution in [0.4, 0.5) is 5.82 Å². The highest BCUT2D eigenvalue weighted by atomic mass is 32.2. The second kappa shape index (κ2) is 8.53. The third-order valence-corrected chi connectivity index (χ3v) is 3.29. The Hall–Kier alpha value is -1.73. The largest absolute Gasteiger partial charge is 0.374 e. The molecule has 2 heterocycles. The van der Waals surface area contributed by atoms with E-state index in [0.717, 1.165) is 23.8 Å². The molecule has 1 N–H and O–H groups in total. The van der Waals surface area contributed by atoms with Crippen molar-refractivity contribution in [2.75, 3.05) is 18.5 Å². The zero-order valence-electron chi connectivity index (χ0n) is 12.2. The van der Waals surface area contributed by atoms with Crippen molar-refractivity contribution in [3.05, 3.63) is 30.4 Å². The predicted octanol–water partition coefficient (Wildman–Crippen LogP) is 2.78. The Kier molecular flexibility index (Phi) is 6.36. The summed E-state index contributed by atoms with van der Waals surface area (Å²) in [5.41, 5.74) is 0. The van der Waals surface area contributed by atoms with E-state index >= 15 is 0 Å². The lowest BCUT2D eigenvalue weighted by Crippen LogP contribution is -2.07. The minimum absolute atomic E-state index is 0.404. The summed E-state index contributed by atoms with van der Waals surface area (Å²) in [4.78, 5) is 17.3. The maximum Gasteiger partial charge on any atom is 0.193 e. The van der Waals surface area contributed by atoms with Gasteiger partial charge in [-0.15, -0.1) is 0 Å².